The second-order valence-corrected chi connectivity index (χ2v) is 4.99. The van der Waals surface area contributed by atoms with E-state index < -0.39 is 36.2 Å². The number of nitrogens with one attached hydrogen (secondary N) is 2. The van der Waals surface area contributed by atoms with Gasteiger partial charge in [-0.25, -0.2) is 4.79 Å². The second kappa shape index (κ2) is 8.74. The topological polar surface area (TPSA) is 125 Å². The van der Waals surface area contributed by atoms with Crippen molar-refractivity contribution < 1.29 is 29.3 Å². The molecule has 1 aromatic carbocycles. The van der Waals surface area contributed by atoms with Gasteiger partial charge in [-0.15, -0.1) is 0 Å². The van der Waals surface area contributed by atoms with Gasteiger partial charge in [0.2, 0.25) is 5.91 Å². The molecule has 2 amide bonds. The molecule has 0 saturated heterocycles. The first-order chi connectivity index (χ1) is 10.8. The Kier molecular flexibility index (Phi) is 7.01. The number of carboxylic acids is 1. The normalized spacial score (nSPS) is 14.2. The highest BCUT2D eigenvalue weighted by atomic mass is 16.5. The number of alkyl carbamates (subject to hydrolysis) is 1. The van der Waals surface area contributed by atoms with Crippen LogP contribution in [0.4, 0.5) is 4.79 Å². The Morgan fingerprint density at radius 2 is 1.74 bits per heavy atom. The van der Waals surface area contributed by atoms with Crippen molar-refractivity contribution in [1.82, 2.24) is 10.6 Å². The van der Waals surface area contributed by atoms with Crippen LogP contribution >= 0.6 is 0 Å². The van der Waals surface area contributed by atoms with E-state index in [2.05, 4.69) is 10.6 Å². The van der Waals surface area contributed by atoms with Crippen LogP contribution in [-0.4, -0.2) is 46.4 Å². The number of hydrogen-bond acceptors (Lipinski definition) is 5. The van der Waals surface area contributed by atoms with E-state index in [-0.39, 0.29) is 6.61 Å². The molecule has 23 heavy (non-hydrogen) atoms. The van der Waals surface area contributed by atoms with E-state index in [0.717, 1.165) is 5.56 Å². The molecule has 1 rings (SSSR count). The minimum absolute atomic E-state index is 0.00630. The smallest absolute Gasteiger partial charge is 0.408 e. The average Bonchev–Trinajstić information content (AvgIpc) is 2.51. The zero-order valence-corrected chi connectivity index (χ0v) is 12.9. The zero-order valence-electron chi connectivity index (χ0n) is 12.9. The van der Waals surface area contributed by atoms with Crippen molar-refractivity contribution in [1.29, 1.82) is 0 Å². The molecule has 0 radical (unpaired) electrons. The fraction of sp³-hybridized carbons (Fsp3) is 0.400. The number of rotatable bonds is 7. The number of aliphatic hydroxyl groups excluding tert-OH is 1. The van der Waals surface area contributed by atoms with Crippen molar-refractivity contribution in [3.05, 3.63) is 35.9 Å². The van der Waals surface area contributed by atoms with Gasteiger partial charge in [0.15, 0.2) is 0 Å². The van der Waals surface area contributed by atoms with Gasteiger partial charge in [-0.05, 0) is 19.4 Å². The van der Waals surface area contributed by atoms with Crippen molar-refractivity contribution in [2.75, 3.05) is 0 Å². The predicted molar refractivity (Wildman–Crippen MR) is 80.5 cm³/mol. The van der Waals surface area contributed by atoms with Crippen molar-refractivity contribution >= 4 is 18.0 Å². The lowest BCUT2D eigenvalue weighted by Gasteiger charge is -2.21. The fourth-order valence-electron chi connectivity index (χ4n) is 1.66. The van der Waals surface area contributed by atoms with E-state index in [1.807, 2.05) is 6.07 Å². The van der Waals surface area contributed by atoms with E-state index in [1.165, 1.54) is 13.8 Å². The van der Waals surface area contributed by atoms with Crippen molar-refractivity contribution in [3.63, 3.8) is 0 Å². The number of carbonyl (C=O) groups is 3. The molecule has 0 bridgehead atoms. The highest BCUT2D eigenvalue weighted by Crippen LogP contribution is 2.02. The summed E-state index contributed by atoms with van der Waals surface area (Å²) in [5, 5.41) is 22.7. The molecule has 0 fully saturated rings. The summed E-state index contributed by atoms with van der Waals surface area (Å²) in [4.78, 5) is 34.3. The van der Waals surface area contributed by atoms with Crippen LogP contribution in [0.5, 0.6) is 0 Å². The van der Waals surface area contributed by atoms with E-state index in [9.17, 15) is 19.5 Å². The number of aliphatic hydroxyl groups is 1. The van der Waals surface area contributed by atoms with Gasteiger partial charge in [0, 0.05) is 0 Å². The number of hydrogen-bond donors (Lipinski definition) is 4. The lowest BCUT2D eigenvalue weighted by atomic mass is 10.1. The van der Waals surface area contributed by atoms with Gasteiger partial charge in [0.05, 0.1) is 6.10 Å². The highest BCUT2D eigenvalue weighted by Gasteiger charge is 2.28. The van der Waals surface area contributed by atoms with E-state index in [0.29, 0.717) is 0 Å². The summed E-state index contributed by atoms with van der Waals surface area (Å²) in [5.74, 6) is -2.04. The summed E-state index contributed by atoms with van der Waals surface area (Å²) in [6.45, 7) is 2.58. The van der Waals surface area contributed by atoms with Crippen LogP contribution in [0.1, 0.15) is 19.4 Å². The van der Waals surface area contributed by atoms with Crippen LogP contribution in [0.2, 0.25) is 0 Å². The number of carbonyl (C=O) groups excluding carboxylic acids is 2. The van der Waals surface area contributed by atoms with Crippen LogP contribution in [0.15, 0.2) is 30.3 Å². The third kappa shape index (κ3) is 6.35. The Balaban J connectivity index is 2.56. The van der Waals surface area contributed by atoms with Gasteiger partial charge in [0.25, 0.3) is 0 Å². The molecule has 0 saturated carbocycles. The highest BCUT2D eigenvalue weighted by molar-refractivity contribution is 5.89. The maximum absolute atomic E-state index is 11.9. The summed E-state index contributed by atoms with van der Waals surface area (Å²) in [6, 6.07) is 6.46. The minimum atomic E-state index is -1.32. The SMILES string of the molecule is C[C@@H](NC(=O)[C@@H](NC(=O)OCc1ccccc1)[C@@H](C)O)C(=O)O. The Morgan fingerprint density at radius 1 is 1.13 bits per heavy atom. The number of aliphatic carboxylic acids is 1. The molecule has 8 heteroatoms. The molecule has 0 unspecified atom stereocenters. The van der Waals surface area contributed by atoms with Gasteiger partial charge >= 0.3 is 12.1 Å². The van der Waals surface area contributed by atoms with E-state index in [1.54, 1.807) is 24.3 Å². The largest absolute Gasteiger partial charge is 0.480 e. The molecular weight excluding hydrogens is 304 g/mol. The molecule has 1 aromatic rings. The first kappa shape index (κ1) is 18.4. The number of amides is 2. The first-order valence-electron chi connectivity index (χ1n) is 6.99. The third-order valence-corrected chi connectivity index (χ3v) is 2.98. The molecule has 3 atom stereocenters. The Hall–Kier alpha value is -2.61. The molecule has 8 nitrogen and oxygen atoms in total. The number of carboxylic acid groups (broad SMARTS) is 1. The maximum atomic E-state index is 11.9. The number of ether oxygens (including phenoxy) is 1. The Morgan fingerprint density at radius 3 is 2.26 bits per heavy atom. The predicted octanol–water partition coefficient (Wildman–Crippen LogP) is 0.251. The van der Waals surface area contributed by atoms with Gasteiger partial charge in [-0.1, -0.05) is 30.3 Å². The quantitative estimate of drug-likeness (QED) is 0.570. The van der Waals surface area contributed by atoms with Crippen LogP contribution in [-0.2, 0) is 20.9 Å². The molecule has 126 valence electrons. The van der Waals surface area contributed by atoms with Crippen LogP contribution in [0.3, 0.4) is 0 Å². The van der Waals surface area contributed by atoms with Gasteiger partial charge in [0.1, 0.15) is 18.7 Å². The molecule has 0 aliphatic heterocycles. The van der Waals surface area contributed by atoms with Gasteiger partial charge < -0.3 is 25.6 Å². The lowest BCUT2D eigenvalue weighted by molar-refractivity contribution is -0.142. The molecule has 0 aromatic heterocycles. The second-order valence-electron chi connectivity index (χ2n) is 4.99. The molecule has 0 heterocycles. The summed E-state index contributed by atoms with van der Waals surface area (Å²) in [6.07, 6.45) is -2.11. The first-order valence-corrected chi connectivity index (χ1v) is 6.99. The zero-order chi connectivity index (χ0) is 17.4. The summed E-state index contributed by atoms with van der Waals surface area (Å²) in [5.41, 5.74) is 0.764. The van der Waals surface area contributed by atoms with Crippen molar-refractivity contribution in [2.24, 2.45) is 0 Å². The molecule has 4 N–H and O–H groups in total. The standard InChI is InChI=1S/C15H20N2O6/c1-9(14(20)21)16-13(19)12(10(2)18)17-15(22)23-8-11-6-4-3-5-7-11/h3-7,9-10,12,18H,8H2,1-2H3,(H,16,19)(H,17,22)(H,20,21)/t9-,10-,12+/m1/s1. The molecule has 0 spiro atoms. The van der Waals surface area contributed by atoms with E-state index >= 15 is 0 Å². The van der Waals surface area contributed by atoms with Crippen molar-refractivity contribution in [3.8, 4) is 0 Å². The fourth-order valence-corrected chi connectivity index (χ4v) is 1.66. The Labute approximate surface area is 133 Å². The van der Waals surface area contributed by atoms with Crippen molar-refractivity contribution in [2.45, 2.75) is 38.6 Å². The van der Waals surface area contributed by atoms with Gasteiger partial charge in [-0.2, -0.15) is 0 Å². The maximum Gasteiger partial charge on any atom is 0.408 e. The molecule has 0 aliphatic carbocycles. The lowest BCUT2D eigenvalue weighted by Crippen LogP contribution is -2.55. The van der Waals surface area contributed by atoms with E-state index in [4.69, 9.17) is 9.84 Å². The van der Waals surface area contributed by atoms with Gasteiger partial charge in [-0.3, -0.25) is 9.59 Å². The molecule has 0 aliphatic rings. The summed E-state index contributed by atoms with van der Waals surface area (Å²) < 4.78 is 4.95. The Bertz CT molecular complexity index is 546. The van der Waals surface area contributed by atoms with Crippen LogP contribution in [0, 0.1) is 0 Å². The monoisotopic (exact) mass is 324 g/mol. The average molecular weight is 324 g/mol. The third-order valence-electron chi connectivity index (χ3n) is 2.98. The van der Waals surface area contributed by atoms with Crippen LogP contribution in [0.25, 0.3) is 0 Å². The van der Waals surface area contributed by atoms with Crippen LogP contribution < -0.4 is 10.6 Å². The summed E-state index contributed by atoms with van der Waals surface area (Å²) in [7, 11) is 0. The minimum Gasteiger partial charge on any atom is -0.480 e. The summed E-state index contributed by atoms with van der Waals surface area (Å²) >= 11 is 0. The molecular formula is C15H20N2O6. The number of benzene rings is 1.